The van der Waals surface area contributed by atoms with Gasteiger partial charge < -0.3 is 19.9 Å². The lowest BCUT2D eigenvalue weighted by atomic mass is 9.94. The molecule has 28 heavy (non-hydrogen) atoms. The van der Waals surface area contributed by atoms with Gasteiger partial charge in [-0.3, -0.25) is 14.4 Å². The van der Waals surface area contributed by atoms with Crippen molar-refractivity contribution in [1.82, 2.24) is 15.1 Å². The Morgan fingerprint density at radius 2 is 1.82 bits per heavy atom. The third-order valence-corrected chi connectivity index (χ3v) is 6.22. The first kappa shape index (κ1) is 19.2. The minimum Gasteiger partial charge on any atom is -0.361 e. The molecule has 1 aromatic rings. The Balaban J connectivity index is 1.30. The fourth-order valence-corrected chi connectivity index (χ4v) is 4.36. The molecule has 1 spiro atoms. The summed E-state index contributed by atoms with van der Waals surface area (Å²) in [5.41, 5.74) is 0.182. The molecule has 3 aliphatic heterocycles. The van der Waals surface area contributed by atoms with Crippen LogP contribution in [0, 0.1) is 5.92 Å². The summed E-state index contributed by atoms with van der Waals surface area (Å²) in [6.07, 6.45) is 2.07. The van der Waals surface area contributed by atoms with E-state index in [1.165, 1.54) is 0 Å². The summed E-state index contributed by atoms with van der Waals surface area (Å²) in [6.45, 7) is 2.85. The lowest BCUT2D eigenvalue weighted by molar-refractivity contribution is -0.144. The molecule has 3 amide bonds. The molecule has 0 saturated carbocycles. The lowest BCUT2D eigenvalue weighted by Crippen LogP contribution is -2.54. The highest BCUT2D eigenvalue weighted by Gasteiger charge is 2.45. The minimum absolute atomic E-state index is 0.0194. The standard InChI is InChI=1S/C20H24ClN3O4/c21-16-3-1-14(2-4-16)18(26)23-8-5-15(6-9-23)19(27)24-10-7-20(13-24)12-22-17(25)11-28-20/h1-4,15H,5-13H2,(H,22,25). The van der Waals surface area contributed by atoms with Gasteiger partial charge in [-0.2, -0.15) is 0 Å². The number of rotatable bonds is 2. The molecule has 3 aliphatic rings. The first-order valence-electron chi connectivity index (χ1n) is 9.70. The number of halogens is 1. The number of carbonyl (C=O) groups excluding carboxylic acids is 3. The van der Waals surface area contributed by atoms with Gasteiger partial charge in [0.05, 0.1) is 6.54 Å². The number of benzene rings is 1. The van der Waals surface area contributed by atoms with Gasteiger partial charge in [-0.1, -0.05) is 11.6 Å². The molecular weight excluding hydrogens is 382 g/mol. The van der Waals surface area contributed by atoms with Gasteiger partial charge in [-0.25, -0.2) is 0 Å². The smallest absolute Gasteiger partial charge is 0.253 e. The zero-order valence-electron chi connectivity index (χ0n) is 15.7. The van der Waals surface area contributed by atoms with Crippen molar-refractivity contribution in [2.45, 2.75) is 24.9 Å². The molecule has 3 saturated heterocycles. The molecule has 8 heteroatoms. The number of nitrogens with one attached hydrogen (secondary N) is 1. The van der Waals surface area contributed by atoms with E-state index in [2.05, 4.69) is 5.32 Å². The zero-order valence-corrected chi connectivity index (χ0v) is 16.4. The normalized spacial score (nSPS) is 25.8. The number of nitrogens with zero attached hydrogens (tertiary/aromatic N) is 2. The van der Waals surface area contributed by atoms with Crippen LogP contribution >= 0.6 is 11.6 Å². The molecule has 4 rings (SSSR count). The van der Waals surface area contributed by atoms with E-state index in [1.807, 2.05) is 4.90 Å². The van der Waals surface area contributed by atoms with E-state index in [0.717, 1.165) is 6.42 Å². The van der Waals surface area contributed by atoms with E-state index in [0.29, 0.717) is 56.2 Å². The Hall–Kier alpha value is -2.12. The highest BCUT2D eigenvalue weighted by molar-refractivity contribution is 6.30. The number of hydrogen-bond donors (Lipinski definition) is 1. The average Bonchev–Trinajstić information content (AvgIpc) is 3.14. The van der Waals surface area contributed by atoms with Gasteiger partial charge in [-0.15, -0.1) is 0 Å². The number of likely N-dealkylation sites (tertiary alicyclic amines) is 2. The molecule has 0 aromatic heterocycles. The van der Waals surface area contributed by atoms with Crippen LogP contribution in [-0.2, 0) is 14.3 Å². The first-order chi connectivity index (χ1) is 13.5. The Morgan fingerprint density at radius 1 is 1.11 bits per heavy atom. The Labute approximate surface area is 168 Å². The van der Waals surface area contributed by atoms with Gasteiger partial charge in [0.25, 0.3) is 5.91 Å². The molecule has 1 N–H and O–H groups in total. The minimum atomic E-state index is -0.436. The SMILES string of the molecule is O=C1COC2(CCN(C(=O)C3CCN(C(=O)c4ccc(Cl)cc4)CC3)C2)CN1. The maximum absolute atomic E-state index is 12.9. The zero-order chi connectivity index (χ0) is 19.7. The maximum Gasteiger partial charge on any atom is 0.253 e. The molecule has 0 radical (unpaired) electrons. The third kappa shape index (κ3) is 3.86. The van der Waals surface area contributed by atoms with Gasteiger partial charge in [0.15, 0.2) is 0 Å². The highest BCUT2D eigenvalue weighted by Crippen LogP contribution is 2.30. The predicted molar refractivity (Wildman–Crippen MR) is 103 cm³/mol. The average molecular weight is 406 g/mol. The Kier molecular flexibility index (Phi) is 5.29. The maximum atomic E-state index is 12.9. The van der Waals surface area contributed by atoms with Crippen molar-refractivity contribution in [3.05, 3.63) is 34.9 Å². The fourth-order valence-electron chi connectivity index (χ4n) is 4.24. The van der Waals surface area contributed by atoms with Crippen LogP contribution < -0.4 is 5.32 Å². The van der Waals surface area contributed by atoms with Gasteiger partial charge in [0.2, 0.25) is 11.8 Å². The number of morpholine rings is 1. The summed E-state index contributed by atoms with van der Waals surface area (Å²) in [5.74, 6) is -0.0549. The largest absolute Gasteiger partial charge is 0.361 e. The summed E-state index contributed by atoms with van der Waals surface area (Å²) < 4.78 is 5.74. The molecule has 0 aliphatic carbocycles. The number of piperidine rings is 1. The second-order valence-corrected chi connectivity index (χ2v) is 8.27. The fraction of sp³-hybridized carbons (Fsp3) is 0.550. The van der Waals surface area contributed by atoms with E-state index in [9.17, 15) is 14.4 Å². The van der Waals surface area contributed by atoms with E-state index in [-0.39, 0.29) is 30.2 Å². The molecule has 3 fully saturated rings. The van der Waals surface area contributed by atoms with Crippen LogP contribution in [0.4, 0.5) is 0 Å². The molecule has 1 unspecified atom stereocenters. The highest BCUT2D eigenvalue weighted by atomic mass is 35.5. The number of ether oxygens (including phenoxy) is 1. The van der Waals surface area contributed by atoms with Gasteiger partial charge in [0.1, 0.15) is 12.2 Å². The van der Waals surface area contributed by atoms with Gasteiger partial charge in [-0.05, 0) is 43.5 Å². The van der Waals surface area contributed by atoms with Crippen molar-refractivity contribution in [3.8, 4) is 0 Å². The molecular formula is C20H24ClN3O4. The van der Waals surface area contributed by atoms with Crippen LogP contribution in [0.3, 0.4) is 0 Å². The van der Waals surface area contributed by atoms with Crippen molar-refractivity contribution in [1.29, 1.82) is 0 Å². The van der Waals surface area contributed by atoms with Crippen molar-refractivity contribution in [2.24, 2.45) is 5.92 Å². The molecule has 150 valence electrons. The topological polar surface area (TPSA) is 79.0 Å². The third-order valence-electron chi connectivity index (χ3n) is 5.97. The summed E-state index contributed by atoms with van der Waals surface area (Å²) >= 11 is 5.88. The van der Waals surface area contributed by atoms with Crippen LogP contribution in [0.5, 0.6) is 0 Å². The van der Waals surface area contributed by atoms with Gasteiger partial charge in [0, 0.05) is 42.7 Å². The number of carbonyl (C=O) groups is 3. The summed E-state index contributed by atoms with van der Waals surface area (Å²) in [7, 11) is 0. The molecule has 1 aromatic carbocycles. The van der Waals surface area contributed by atoms with Crippen LogP contribution in [0.1, 0.15) is 29.6 Å². The van der Waals surface area contributed by atoms with Crippen molar-refractivity contribution in [2.75, 3.05) is 39.3 Å². The second kappa shape index (κ2) is 7.72. The van der Waals surface area contributed by atoms with E-state index in [1.54, 1.807) is 29.2 Å². The van der Waals surface area contributed by atoms with Crippen molar-refractivity contribution in [3.63, 3.8) is 0 Å². The van der Waals surface area contributed by atoms with Crippen molar-refractivity contribution >= 4 is 29.3 Å². The quantitative estimate of drug-likeness (QED) is 0.804. The predicted octanol–water partition coefficient (Wildman–Crippen LogP) is 1.31. The number of amides is 3. The number of hydrogen-bond acceptors (Lipinski definition) is 4. The summed E-state index contributed by atoms with van der Waals surface area (Å²) in [4.78, 5) is 40.5. The van der Waals surface area contributed by atoms with Crippen LogP contribution in [0.15, 0.2) is 24.3 Å². The van der Waals surface area contributed by atoms with Gasteiger partial charge >= 0.3 is 0 Å². The molecule has 0 bridgehead atoms. The Morgan fingerprint density at radius 3 is 2.46 bits per heavy atom. The summed E-state index contributed by atoms with van der Waals surface area (Å²) in [6, 6.07) is 6.89. The molecule has 3 heterocycles. The Bertz CT molecular complexity index is 764. The van der Waals surface area contributed by atoms with E-state index in [4.69, 9.17) is 16.3 Å². The monoisotopic (exact) mass is 405 g/mol. The summed E-state index contributed by atoms with van der Waals surface area (Å²) in [5, 5.41) is 3.44. The van der Waals surface area contributed by atoms with Crippen LogP contribution in [-0.4, -0.2) is 72.5 Å². The molecule has 1 atom stereocenters. The van der Waals surface area contributed by atoms with E-state index >= 15 is 0 Å². The van der Waals surface area contributed by atoms with Crippen LogP contribution in [0.2, 0.25) is 5.02 Å². The lowest BCUT2D eigenvalue weighted by Gasteiger charge is -2.35. The second-order valence-electron chi connectivity index (χ2n) is 7.83. The van der Waals surface area contributed by atoms with Crippen LogP contribution in [0.25, 0.3) is 0 Å². The van der Waals surface area contributed by atoms with Crippen molar-refractivity contribution < 1.29 is 19.1 Å². The molecule has 7 nitrogen and oxygen atoms in total. The van der Waals surface area contributed by atoms with E-state index < -0.39 is 5.60 Å². The first-order valence-corrected chi connectivity index (χ1v) is 10.1.